The number of hydrogen-bond donors (Lipinski definition) is 2. The first-order valence-corrected chi connectivity index (χ1v) is 6.61. The molecule has 0 aliphatic carbocycles. The highest BCUT2D eigenvalue weighted by Crippen LogP contribution is 2.25. The zero-order valence-corrected chi connectivity index (χ0v) is 9.94. The molecule has 0 heterocycles. The van der Waals surface area contributed by atoms with Crippen molar-refractivity contribution in [2.24, 2.45) is 0 Å². The zero-order valence-electron chi connectivity index (χ0n) is 9.12. The van der Waals surface area contributed by atoms with Crippen LogP contribution in [0, 0.1) is 5.82 Å². The van der Waals surface area contributed by atoms with Gasteiger partial charge in [0.2, 0.25) is 0 Å². The lowest BCUT2D eigenvalue weighted by molar-refractivity contribution is 0.459. The van der Waals surface area contributed by atoms with Crippen LogP contribution in [0.1, 0.15) is 5.56 Å². The maximum absolute atomic E-state index is 13.4. The molecule has 16 heavy (non-hydrogen) atoms. The molecular weight excluding hydrogens is 233 g/mol. The summed E-state index contributed by atoms with van der Waals surface area (Å²) >= 11 is 0. The Kier molecular flexibility index (Phi) is 3.88. The number of phenolic OH excluding ortho intramolecular Hbond substituents is 1. The summed E-state index contributed by atoms with van der Waals surface area (Å²) in [7, 11) is -1.91. The molecule has 1 aromatic rings. The number of benzene rings is 1. The molecule has 1 rings (SSSR count). The van der Waals surface area contributed by atoms with Crippen LogP contribution in [0.5, 0.6) is 5.75 Å². The van der Waals surface area contributed by atoms with Gasteiger partial charge >= 0.3 is 0 Å². The summed E-state index contributed by atoms with van der Waals surface area (Å²) in [4.78, 5) is -0.474. The largest absolute Gasteiger partial charge is 0.508 e. The predicted molar refractivity (Wildman–Crippen MR) is 58.8 cm³/mol. The topological polar surface area (TPSA) is 66.4 Å². The SMILES string of the molecule is CNCCc1cc(F)c(S(C)(=O)=O)cc1O. The van der Waals surface area contributed by atoms with E-state index in [1.54, 1.807) is 7.05 Å². The molecule has 0 saturated heterocycles. The molecular formula is C10H14FNO3S. The van der Waals surface area contributed by atoms with Crippen LogP contribution in [-0.2, 0) is 16.3 Å². The van der Waals surface area contributed by atoms with Gasteiger partial charge in [-0.15, -0.1) is 0 Å². The fraction of sp³-hybridized carbons (Fsp3) is 0.400. The Morgan fingerprint density at radius 2 is 2.06 bits per heavy atom. The fourth-order valence-corrected chi connectivity index (χ4v) is 2.07. The minimum atomic E-state index is -3.64. The van der Waals surface area contributed by atoms with Gasteiger partial charge in [0.25, 0.3) is 0 Å². The molecule has 90 valence electrons. The summed E-state index contributed by atoms with van der Waals surface area (Å²) < 4.78 is 35.8. The van der Waals surface area contributed by atoms with E-state index in [9.17, 15) is 17.9 Å². The quantitative estimate of drug-likeness (QED) is 0.822. The monoisotopic (exact) mass is 247 g/mol. The average molecular weight is 247 g/mol. The molecule has 2 N–H and O–H groups in total. The lowest BCUT2D eigenvalue weighted by Crippen LogP contribution is -2.11. The molecule has 1 aromatic carbocycles. The second-order valence-corrected chi connectivity index (χ2v) is 5.52. The van der Waals surface area contributed by atoms with Gasteiger partial charge < -0.3 is 10.4 Å². The summed E-state index contributed by atoms with van der Waals surface area (Å²) in [5, 5.41) is 12.4. The standard InChI is InChI=1S/C10H14FNO3S/c1-12-4-3-7-5-8(11)10(6-9(7)13)16(2,14)15/h5-6,12-13H,3-4H2,1-2H3. The van der Waals surface area contributed by atoms with Crippen LogP contribution in [0.3, 0.4) is 0 Å². The molecule has 0 saturated carbocycles. The number of phenols is 1. The van der Waals surface area contributed by atoms with Gasteiger partial charge in [-0.05, 0) is 31.6 Å². The van der Waals surface area contributed by atoms with Gasteiger partial charge in [-0.25, -0.2) is 12.8 Å². The third-order valence-corrected chi connectivity index (χ3v) is 3.29. The Labute approximate surface area is 94.0 Å². The highest BCUT2D eigenvalue weighted by atomic mass is 32.2. The molecule has 6 heteroatoms. The maximum atomic E-state index is 13.4. The molecule has 0 aliphatic heterocycles. The Hall–Kier alpha value is -1.14. The summed E-state index contributed by atoms with van der Waals surface area (Å²) in [5.41, 5.74) is 0.388. The van der Waals surface area contributed by atoms with Crippen molar-refractivity contribution in [3.05, 3.63) is 23.5 Å². The van der Waals surface area contributed by atoms with Crippen LogP contribution in [0.4, 0.5) is 4.39 Å². The Bertz CT molecular complexity index is 485. The zero-order chi connectivity index (χ0) is 12.3. The van der Waals surface area contributed by atoms with Crippen molar-refractivity contribution < 1.29 is 17.9 Å². The minimum absolute atomic E-state index is 0.197. The Morgan fingerprint density at radius 1 is 1.44 bits per heavy atom. The smallest absolute Gasteiger partial charge is 0.178 e. The number of hydrogen-bond acceptors (Lipinski definition) is 4. The first kappa shape index (κ1) is 12.9. The molecule has 0 aliphatic rings. The van der Waals surface area contributed by atoms with Gasteiger partial charge in [-0.2, -0.15) is 0 Å². The fourth-order valence-electron chi connectivity index (χ4n) is 1.33. The van der Waals surface area contributed by atoms with Gasteiger partial charge in [0.15, 0.2) is 9.84 Å². The van der Waals surface area contributed by atoms with Crippen LogP contribution in [0.25, 0.3) is 0 Å². The summed E-state index contributed by atoms with van der Waals surface area (Å²) in [6.45, 7) is 0.575. The van der Waals surface area contributed by atoms with Crippen molar-refractivity contribution in [3.8, 4) is 5.75 Å². The highest BCUT2D eigenvalue weighted by molar-refractivity contribution is 7.90. The Balaban J connectivity index is 3.17. The maximum Gasteiger partial charge on any atom is 0.178 e. The molecule has 0 aromatic heterocycles. The van der Waals surface area contributed by atoms with Crippen molar-refractivity contribution in [1.82, 2.24) is 5.32 Å². The van der Waals surface area contributed by atoms with Crippen LogP contribution < -0.4 is 5.32 Å². The number of nitrogens with one attached hydrogen (secondary N) is 1. The van der Waals surface area contributed by atoms with E-state index in [0.29, 0.717) is 18.5 Å². The molecule has 0 amide bonds. The van der Waals surface area contributed by atoms with Crippen LogP contribution >= 0.6 is 0 Å². The number of halogens is 1. The first-order chi connectivity index (χ1) is 7.36. The van der Waals surface area contributed by atoms with Crippen LogP contribution in [-0.4, -0.2) is 33.4 Å². The van der Waals surface area contributed by atoms with Crippen molar-refractivity contribution in [3.63, 3.8) is 0 Å². The van der Waals surface area contributed by atoms with E-state index in [1.807, 2.05) is 0 Å². The van der Waals surface area contributed by atoms with Gasteiger partial charge in [0.1, 0.15) is 16.5 Å². The molecule has 0 atom stereocenters. The third-order valence-electron chi connectivity index (χ3n) is 2.18. The molecule has 0 fully saturated rings. The average Bonchev–Trinajstić information content (AvgIpc) is 2.17. The molecule has 0 unspecified atom stereocenters. The van der Waals surface area contributed by atoms with E-state index in [1.165, 1.54) is 0 Å². The normalized spacial score (nSPS) is 11.7. The number of aromatic hydroxyl groups is 1. The van der Waals surface area contributed by atoms with E-state index in [4.69, 9.17) is 0 Å². The lowest BCUT2D eigenvalue weighted by atomic mass is 10.1. The van der Waals surface area contributed by atoms with E-state index >= 15 is 0 Å². The first-order valence-electron chi connectivity index (χ1n) is 4.72. The Morgan fingerprint density at radius 3 is 2.56 bits per heavy atom. The summed E-state index contributed by atoms with van der Waals surface area (Å²) in [6, 6.07) is 2.01. The lowest BCUT2D eigenvalue weighted by Gasteiger charge is -2.07. The van der Waals surface area contributed by atoms with Crippen molar-refractivity contribution in [2.75, 3.05) is 19.8 Å². The van der Waals surface area contributed by atoms with Gasteiger partial charge in [0, 0.05) is 12.3 Å². The predicted octanol–water partition coefficient (Wildman–Crippen LogP) is 0.697. The van der Waals surface area contributed by atoms with E-state index < -0.39 is 20.5 Å². The second-order valence-electron chi connectivity index (χ2n) is 3.54. The number of rotatable bonds is 4. The van der Waals surface area contributed by atoms with Crippen LogP contribution in [0.15, 0.2) is 17.0 Å². The van der Waals surface area contributed by atoms with Crippen molar-refractivity contribution >= 4 is 9.84 Å². The van der Waals surface area contributed by atoms with Crippen molar-refractivity contribution in [2.45, 2.75) is 11.3 Å². The van der Waals surface area contributed by atoms with E-state index in [2.05, 4.69) is 5.32 Å². The van der Waals surface area contributed by atoms with E-state index in [-0.39, 0.29) is 5.75 Å². The molecule has 0 bridgehead atoms. The van der Waals surface area contributed by atoms with E-state index in [0.717, 1.165) is 18.4 Å². The number of sulfone groups is 1. The highest BCUT2D eigenvalue weighted by Gasteiger charge is 2.16. The van der Waals surface area contributed by atoms with Gasteiger partial charge in [-0.3, -0.25) is 0 Å². The summed E-state index contributed by atoms with van der Waals surface area (Å²) in [5.74, 6) is -1.02. The van der Waals surface area contributed by atoms with Crippen LogP contribution in [0.2, 0.25) is 0 Å². The third kappa shape index (κ3) is 2.93. The van der Waals surface area contributed by atoms with Gasteiger partial charge in [-0.1, -0.05) is 0 Å². The molecule has 4 nitrogen and oxygen atoms in total. The molecule has 0 spiro atoms. The molecule has 0 radical (unpaired) electrons. The van der Waals surface area contributed by atoms with Gasteiger partial charge in [0.05, 0.1) is 0 Å². The number of likely N-dealkylation sites (N-methyl/N-ethyl adjacent to an activating group) is 1. The summed E-state index contributed by atoms with van der Waals surface area (Å²) in [6.07, 6.45) is 1.33. The minimum Gasteiger partial charge on any atom is -0.508 e. The van der Waals surface area contributed by atoms with Crippen molar-refractivity contribution in [1.29, 1.82) is 0 Å². The second kappa shape index (κ2) is 4.80.